The molecule has 0 aliphatic carbocycles. The third-order valence-electron chi connectivity index (χ3n) is 2.69. The molecular formula is C13H16N4O2. The first-order valence-electron chi connectivity index (χ1n) is 5.90. The van der Waals surface area contributed by atoms with Crippen molar-refractivity contribution in [3.8, 4) is 5.75 Å². The van der Waals surface area contributed by atoms with Gasteiger partial charge in [0.2, 0.25) is 0 Å². The van der Waals surface area contributed by atoms with Crippen molar-refractivity contribution in [3.63, 3.8) is 0 Å². The maximum Gasteiger partial charge on any atom is 0.251 e. The Bertz CT molecular complexity index is 552. The molecule has 0 atom stereocenters. The summed E-state index contributed by atoms with van der Waals surface area (Å²) >= 11 is 0. The zero-order chi connectivity index (χ0) is 13.7. The number of carbonyl (C=O) groups is 1. The Hall–Kier alpha value is -2.50. The highest BCUT2D eigenvalue weighted by atomic mass is 16.5. The fourth-order valence-corrected chi connectivity index (χ4v) is 1.71. The van der Waals surface area contributed by atoms with Gasteiger partial charge in [-0.15, -0.1) is 0 Å². The maximum atomic E-state index is 11.9. The van der Waals surface area contributed by atoms with E-state index in [2.05, 4.69) is 15.3 Å². The van der Waals surface area contributed by atoms with Crippen LogP contribution in [0.1, 0.15) is 16.2 Å². The van der Waals surface area contributed by atoms with Crippen LogP contribution in [0, 0.1) is 0 Å². The number of benzene rings is 1. The summed E-state index contributed by atoms with van der Waals surface area (Å²) in [5.41, 5.74) is 6.71. The van der Waals surface area contributed by atoms with Crippen LogP contribution in [0.2, 0.25) is 0 Å². The minimum atomic E-state index is -0.166. The van der Waals surface area contributed by atoms with Crippen LogP contribution in [-0.2, 0) is 6.42 Å². The summed E-state index contributed by atoms with van der Waals surface area (Å²) in [5.74, 6) is 1.24. The molecule has 0 aliphatic heterocycles. The molecule has 2 rings (SSSR count). The van der Waals surface area contributed by atoms with Gasteiger partial charge in [0.25, 0.3) is 5.91 Å². The normalized spacial score (nSPS) is 10.2. The van der Waals surface area contributed by atoms with Crippen molar-refractivity contribution in [1.82, 2.24) is 15.3 Å². The zero-order valence-corrected chi connectivity index (χ0v) is 10.6. The van der Waals surface area contributed by atoms with Gasteiger partial charge in [0.05, 0.1) is 12.8 Å². The van der Waals surface area contributed by atoms with Gasteiger partial charge in [-0.25, -0.2) is 4.98 Å². The van der Waals surface area contributed by atoms with Crippen molar-refractivity contribution >= 4 is 11.6 Å². The summed E-state index contributed by atoms with van der Waals surface area (Å²) in [6.45, 7) is 0.512. The fourth-order valence-electron chi connectivity index (χ4n) is 1.71. The second-order valence-electron chi connectivity index (χ2n) is 4.00. The lowest BCUT2D eigenvalue weighted by atomic mass is 10.1. The van der Waals surface area contributed by atoms with E-state index in [4.69, 9.17) is 10.5 Å². The molecule has 0 saturated carbocycles. The van der Waals surface area contributed by atoms with Crippen LogP contribution in [-0.4, -0.2) is 29.5 Å². The number of nitrogens with two attached hydrogens (primary N) is 1. The second kappa shape index (κ2) is 5.90. The summed E-state index contributed by atoms with van der Waals surface area (Å²) < 4.78 is 5.04. The van der Waals surface area contributed by atoms with Crippen LogP contribution >= 0.6 is 0 Å². The van der Waals surface area contributed by atoms with E-state index in [9.17, 15) is 4.79 Å². The van der Waals surface area contributed by atoms with Crippen LogP contribution in [0.5, 0.6) is 5.75 Å². The minimum absolute atomic E-state index is 0.166. The van der Waals surface area contributed by atoms with Gasteiger partial charge in [-0.1, -0.05) is 0 Å². The van der Waals surface area contributed by atoms with Crippen molar-refractivity contribution in [2.45, 2.75) is 6.42 Å². The molecule has 0 radical (unpaired) electrons. The van der Waals surface area contributed by atoms with Crippen molar-refractivity contribution in [2.75, 3.05) is 19.4 Å². The Morgan fingerprint density at radius 2 is 2.37 bits per heavy atom. The van der Waals surface area contributed by atoms with Gasteiger partial charge in [0.15, 0.2) is 0 Å². The summed E-state index contributed by atoms with van der Waals surface area (Å²) in [6.07, 6.45) is 4.09. The van der Waals surface area contributed by atoms with E-state index >= 15 is 0 Å². The number of nitrogens with zero attached hydrogens (tertiary/aromatic N) is 1. The highest BCUT2D eigenvalue weighted by Crippen LogP contribution is 2.21. The van der Waals surface area contributed by atoms with Crippen molar-refractivity contribution in [1.29, 1.82) is 0 Å². The molecule has 1 heterocycles. The van der Waals surface area contributed by atoms with E-state index < -0.39 is 0 Å². The lowest BCUT2D eigenvalue weighted by Gasteiger charge is -2.07. The largest absolute Gasteiger partial charge is 0.495 e. The molecule has 0 fully saturated rings. The van der Waals surface area contributed by atoms with Crippen LogP contribution in [0.15, 0.2) is 30.6 Å². The average Bonchev–Trinajstić information content (AvgIpc) is 2.91. The van der Waals surface area contributed by atoms with E-state index in [1.165, 1.54) is 7.11 Å². The number of ether oxygens (including phenoxy) is 1. The lowest BCUT2D eigenvalue weighted by Crippen LogP contribution is -2.26. The SMILES string of the molecule is COc1ccc(C(=O)NCCc2ncc[nH]2)cc1N. The van der Waals surface area contributed by atoms with Crippen LogP contribution < -0.4 is 15.8 Å². The van der Waals surface area contributed by atoms with Crippen molar-refractivity contribution in [3.05, 3.63) is 42.0 Å². The number of nitrogen functional groups attached to an aromatic ring is 1. The standard InChI is InChI=1S/C13H16N4O2/c1-19-11-3-2-9(8-10(11)14)13(18)17-5-4-12-15-6-7-16-12/h2-3,6-8H,4-5,14H2,1H3,(H,15,16)(H,17,18). The smallest absolute Gasteiger partial charge is 0.251 e. The number of nitrogens with one attached hydrogen (secondary N) is 2. The third kappa shape index (κ3) is 3.25. The van der Waals surface area contributed by atoms with Gasteiger partial charge >= 0.3 is 0 Å². The average molecular weight is 260 g/mol. The number of anilines is 1. The maximum absolute atomic E-state index is 11.9. The zero-order valence-electron chi connectivity index (χ0n) is 10.6. The predicted octanol–water partition coefficient (Wildman–Crippen LogP) is 0.973. The molecule has 0 bridgehead atoms. The predicted molar refractivity (Wildman–Crippen MR) is 72.0 cm³/mol. The van der Waals surface area contributed by atoms with Gasteiger partial charge in [0, 0.05) is 30.9 Å². The van der Waals surface area contributed by atoms with Gasteiger partial charge in [-0.3, -0.25) is 4.79 Å². The highest BCUT2D eigenvalue weighted by Gasteiger charge is 2.08. The summed E-state index contributed by atoms with van der Waals surface area (Å²) in [6, 6.07) is 4.95. The van der Waals surface area contributed by atoms with E-state index in [1.807, 2.05) is 0 Å². The molecule has 6 nitrogen and oxygen atoms in total. The molecule has 19 heavy (non-hydrogen) atoms. The third-order valence-corrected chi connectivity index (χ3v) is 2.69. The Balaban J connectivity index is 1.91. The van der Waals surface area contributed by atoms with Crippen LogP contribution in [0.25, 0.3) is 0 Å². The number of hydrogen-bond acceptors (Lipinski definition) is 4. The van der Waals surface area contributed by atoms with E-state index in [0.717, 1.165) is 5.82 Å². The molecular weight excluding hydrogens is 244 g/mol. The van der Waals surface area contributed by atoms with Gasteiger partial charge in [-0.05, 0) is 18.2 Å². The number of aromatic amines is 1. The highest BCUT2D eigenvalue weighted by molar-refractivity contribution is 5.95. The Labute approximate surface area is 111 Å². The summed E-state index contributed by atoms with van der Waals surface area (Å²) in [5, 5.41) is 2.81. The first-order chi connectivity index (χ1) is 9.20. The number of methoxy groups -OCH3 is 1. The molecule has 0 unspecified atom stereocenters. The number of rotatable bonds is 5. The molecule has 6 heteroatoms. The molecule has 1 amide bonds. The van der Waals surface area contributed by atoms with Crippen LogP contribution in [0.4, 0.5) is 5.69 Å². The van der Waals surface area contributed by atoms with Gasteiger partial charge in [0.1, 0.15) is 11.6 Å². The van der Waals surface area contributed by atoms with Crippen LogP contribution in [0.3, 0.4) is 0 Å². The molecule has 1 aromatic carbocycles. The van der Waals surface area contributed by atoms with E-state index in [1.54, 1.807) is 30.6 Å². The first kappa shape index (κ1) is 12.9. The molecule has 4 N–H and O–H groups in total. The molecule has 1 aromatic heterocycles. The van der Waals surface area contributed by atoms with Gasteiger partial charge < -0.3 is 20.8 Å². The monoisotopic (exact) mass is 260 g/mol. The number of amides is 1. The molecule has 100 valence electrons. The van der Waals surface area contributed by atoms with Gasteiger partial charge in [-0.2, -0.15) is 0 Å². The molecule has 0 saturated heterocycles. The summed E-state index contributed by atoms with van der Waals surface area (Å²) in [4.78, 5) is 18.9. The number of H-pyrrole nitrogens is 1. The Morgan fingerprint density at radius 3 is 3.00 bits per heavy atom. The quantitative estimate of drug-likeness (QED) is 0.698. The first-order valence-corrected chi connectivity index (χ1v) is 5.90. The number of carbonyl (C=O) groups excluding carboxylic acids is 1. The Kier molecular flexibility index (Phi) is 4.02. The molecule has 2 aromatic rings. The van der Waals surface area contributed by atoms with E-state index in [-0.39, 0.29) is 5.91 Å². The van der Waals surface area contributed by atoms with E-state index in [0.29, 0.717) is 30.0 Å². The lowest BCUT2D eigenvalue weighted by molar-refractivity contribution is 0.0954. The molecule has 0 spiro atoms. The van der Waals surface area contributed by atoms with Crippen molar-refractivity contribution in [2.24, 2.45) is 0 Å². The number of aromatic nitrogens is 2. The number of imidazole rings is 1. The summed E-state index contributed by atoms with van der Waals surface area (Å²) in [7, 11) is 1.54. The second-order valence-corrected chi connectivity index (χ2v) is 4.00. The fraction of sp³-hybridized carbons (Fsp3) is 0.231. The number of hydrogen-bond donors (Lipinski definition) is 3. The topological polar surface area (TPSA) is 93.0 Å². The minimum Gasteiger partial charge on any atom is -0.495 e. The molecule has 0 aliphatic rings. The Morgan fingerprint density at radius 1 is 1.53 bits per heavy atom. The van der Waals surface area contributed by atoms with Crippen molar-refractivity contribution < 1.29 is 9.53 Å².